The smallest absolute Gasteiger partial charge is 0.220 e. The molecule has 0 spiro atoms. The van der Waals surface area contributed by atoms with Gasteiger partial charge in [0, 0.05) is 24.8 Å². The second-order valence-corrected chi connectivity index (χ2v) is 5.24. The average molecular weight is 287 g/mol. The number of aromatic nitrogens is 2. The molecule has 0 aromatic carbocycles. The minimum atomic E-state index is 0.325. The van der Waals surface area contributed by atoms with Crippen molar-refractivity contribution in [2.75, 3.05) is 5.73 Å². The number of hydrogen-bond donors (Lipinski definition) is 1. The molecule has 4 nitrogen and oxygen atoms in total. The number of hydrogen-bond acceptors (Lipinski definition) is 4. The van der Waals surface area contributed by atoms with E-state index in [4.69, 9.17) is 5.73 Å². The summed E-state index contributed by atoms with van der Waals surface area (Å²) in [5, 5.41) is 0. The van der Waals surface area contributed by atoms with E-state index in [0.717, 1.165) is 16.7 Å². The molecular formula is C11H19BrN4. The minimum absolute atomic E-state index is 0.325. The largest absolute Gasteiger partial charge is 0.368 e. The van der Waals surface area contributed by atoms with Crippen molar-refractivity contribution in [3.63, 3.8) is 0 Å². The molecule has 0 saturated heterocycles. The van der Waals surface area contributed by atoms with E-state index in [1.54, 1.807) is 6.20 Å². The summed E-state index contributed by atoms with van der Waals surface area (Å²) in [7, 11) is 0. The Morgan fingerprint density at radius 1 is 1.31 bits per heavy atom. The van der Waals surface area contributed by atoms with Gasteiger partial charge in [0.15, 0.2) is 0 Å². The third-order valence-corrected chi connectivity index (χ3v) is 3.16. The van der Waals surface area contributed by atoms with Crippen LogP contribution in [0, 0.1) is 0 Å². The van der Waals surface area contributed by atoms with E-state index in [2.05, 4.69) is 58.5 Å². The highest BCUT2D eigenvalue weighted by Gasteiger charge is 2.16. The predicted octanol–water partition coefficient (Wildman–Crippen LogP) is 2.44. The van der Waals surface area contributed by atoms with E-state index in [9.17, 15) is 0 Å². The van der Waals surface area contributed by atoms with Gasteiger partial charge in [0.25, 0.3) is 0 Å². The van der Waals surface area contributed by atoms with Gasteiger partial charge < -0.3 is 5.73 Å². The lowest BCUT2D eigenvalue weighted by molar-refractivity contribution is 0.163. The standard InChI is InChI=1S/C11H19BrN4/c1-7(2)16(8(3)4)6-10-9(12)5-14-11(13)15-10/h5,7-8H,6H2,1-4H3,(H2,13,14,15). The minimum Gasteiger partial charge on any atom is -0.368 e. The van der Waals surface area contributed by atoms with Crippen molar-refractivity contribution < 1.29 is 0 Å². The molecule has 0 aliphatic rings. The Hall–Kier alpha value is -0.680. The summed E-state index contributed by atoms with van der Waals surface area (Å²) in [5.74, 6) is 0.325. The number of rotatable bonds is 4. The normalized spacial score (nSPS) is 11.8. The van der Waals surface area contributed by atoms with Crippen molar-refractivity contribution in [2.45, 2.75) is 46.3 Å². The molecule has 0 fully saturated rings. The molecule has 1 rings (SSSR count). The molecule has 0 saturated carbocycles. The molecule has 2 N–H and O–H groups in total. The molecule has 1 heterocycles. The summed E-state index contributed by atoms with van der Waals surface area (Å²) in [6.07, 6.45) is 1.70. The lowest BCUT2D eigenvalue weighted by Gasteiger charge is -2.30. The molecule has 1 aromatic heterocycles. The maximum atomic E-state index is 5.59. The third kappa shape index (κ3) is 3.42. The van der Waals surface area contributed by atoms with Gasteiger partial charge in [-0.3, -0.25) is 4.90 Å². The molecule has 0 bridgehead atoms. The summed E-state index contributed by atoms with van der Waals surface area (Å²) in [4.78, 5) is 10.5. The van der Waals surface area contributed by atoms with Gasteiger partial charge in [-0.2, -0.15) is 0 Å². The van der Waals surface area contributed by atoms with Gasteiger partial charge in [-0.1, -0.05) is 0 Å². The Balaban J connectivity index is 2.89. The van der Waals surface area contributed by atoms with Gasteiger partial charge in [-0.25, -0.2) is 9.97 Å². The summed E-state index contributed by atoms with van der Waals surface area (Å²) in [5.41, 5.74) is 6.53. The molecule has 0 amide bonds. The highest BCUT2D eigenvalue weighted by atomic mass is 79.9. The van der Waals surface area contributed by atoms with Gasteiger partial charge >= 0.3 is 0 Å². The van der Waals surface area contributed by atoms with E-state index in [-0.39, 0.29) is 0 Å². The first-order valence-electron chi connectivity index (χ1n) is 5.44. The van der Waals surface area contributed by atoms with Crippen LogP contribution in [0.2, 0.25) is 0 Å². The number of nitrogens with two attached hydrogens (primary N) is 1. The Kier molecular flexibility index (Phi) is 4.68. The lowest BCUT2D eigenvalue weighted by atomic mass is 10.2. The van der Waals surface area contributed by atoms with Crippen LogP contribution >= 0.6 is 15.9 Å². The van der Waals surface area contributed by atoms with Crippen LogP contribution in [0.15, 0.2) is 10.7 Å². The third-order valence-electron chi connectivity index (χ3n) is 2.49. The Morgan fingerprint density at radius 2 is 1.88 bits per heavy atom. The summed E-state index contributed by atoms with van der Waals surface area (Å²) < 4.78 is 0.910. The second-order valence-electron chi connectivity index (χ2n) is 4.38. The maximum absolute atomic E-state index is 5.59. The van der Waals surface area contributed by atoms with Crippen LogP contribution in [0.5, 0.6) is 0 Å². The molecule has 0 aliphatic heterocycles. The quantitative estimate of drug-likeness (QED) is 0.924. The SMILES string of the molecule is CC(C)N(Cc1nc(N)ncc1Br)C(C)C. The number of nitrogen functional groups attached to an aromatic ring is 1. The van der Waals surface area contributed by atoms with Gasteiger partial charge in [-0.15, -0.1) is 0 Å². The first kappa shape index (κ1) is 13.4. The first-order valence-corrected chi connectivity index (χ1v) is 6.23. The van der Waals surface area contributed by atoms with E-state index < -0.39 is 0 Å². The lowest BCUT2D eigenvalue weighted by Crippen LogP contribution is -2.36. The molecular weight excluding hydrogens is 268 g/mol. The van der Waals surface area contributed by atoms with Crippen LogP contribution in [-0.4, -0.2) is 27.0 Å². The summed E-state index contributed by atoms with van der Waals surface area (Å²) in [6, 6.07) is 0.950. The Bertz CT molecular complexity index is 344. The Morgan fingerprint density at radius 3 is 2.38 bits per heavy atom. The number of nitrogens with zero attached hydrogens (tertiary/aromatic N) is 3. The fraction of sp³-hybridized carbons (Fsp3) is 0.636. The monoisotopic (exact) mass is 286 g/mol. The molecule has 0 unspecified atom stereocenters. The first-order chi connectivity index (χ1) is 7.41. The van der Waals surface area contributed by atoms with Crippen molar-refractivity contribution in [1.82, 2.24) is 14.9 Å². The molecule has 5 heteroatoms. The van der Waals surface area contributed by atoms with Crippen LogP contribution in [0.4, 0.5) is 5.95 Å². The molecule has 16 heavy (non-hydrogen) atoms. The number of halogens is 1. The summed E-state index contributed by atoms with van der Waals surface area (Å²) >= 11 is 3.45. The zero-order chi connectivity index (χ0) is 12.3. The van der Waals surface area contributed by atoms with Gasteiger partial charge in [0.1, 0.15) is 0 Å². The fourth-order valence-electron chi connectivity index (χ4n) is 1.66. The van der Waals surface area contributed by atoms with Crippen LogP contribution in [0.25, 0.3) is 0 Å². The second kappa shape index (κ2) is 5.59. The van der Waals surface area contributed by atoms with Crippen LogP contribution < -0.4 is 5.73 Å². The van der Waals surface area contributed by atoms with Gasteiger partial charge in [0.2, 0.25) is 5.95 Å². The molecule has 1 aromatic rings. The van der Waals surface area contributed by atoms with Crippen LogP contribution in [0.3, 0.4) is 0 Å². The maximum Gasteiger partial charge on any atom is 0.220 e. The molecule has 90 valence electrons. The van der Waals surface area contributed by atoms with Crippen molar-refractivity contribution in [1.29, 1.82) is 0 Å². The average Bonchev–Trinajstić information content (AvgIpc) is 2.18. The zero-order valence-electron chi connectivity index (χ0n) is 10.2. The van der Waals surface area contributed by atoms with Crippen LogP contribution in [0.1, 0.15) is 33.4 Å². The predicted molar refractivity (Wildman–Crippen MR) is 70.0 cm³/mol. The molecule has 0 aliphatic carbocycles. The van der Waals surface area contributed by atoms with Crippen LogP contribution in [-0.2, 0) is 6.54 Å². The topological polar surface area (TPSA) is 55.0 Å². The highest BCUT2D eigenvalue weighted by Crippen LogP contribution is 2.18. The van der Waals surface area contributed by atoms with E-state index in [0.29, 0.717) is 18.0 Å². The van der Waals surface area contributed by atoms with Crippen molar-refractivity contribution in [3.05, 3.63) is 16.4 Å². The van der Waals surface area contributed by atoms with Gasteiger partial charge in [0.05, 0.1) is 10.2 Å². The number of anilines is 1. The van der Waals surface area contributed by atoms with Gasteiger partial charge in [-0.05, 0) is 43.6 Å². The molecule has 0 radical (unpaired) electrons. The zero-order valence-corrected chi connectivity index (χ0v) is 11.8. The Labute approximate surface area is 105 Å². The summed E-state index contributed by atoms with van der Waals surface area (Å²) in [6.45, 7) is 9.50. The van der Waals surface area contributed by atoms with E-state index in [1.165, 1.54) is 0 Å². The highest BCUT2D eigenvalue weighted by molar-refractivity contribution is 9.10. The van der Waals surface area contributed by atoms with Crippen molar-refractivity contribution in [2.24, 2.45) is 0 Å². The van der Waals surface area contributed by atoms with E-state index >= 15 is 0 Å². The van der Waals surface area contributed by atoms with E-state index in [1.807, 2.05) is 0 Å². The van der Waals surface area contributed by atoms with Crippen molar-refractivity contribution in [3.8, 4) is 0 Å². The molecule has 0 atom stereocenters. The fourth-order valence-corrected chi connectivity index (χ4v) is 1.98. The van der Waals surface area contributed by atoms with Crippen molar-refractivity contribution >= 4 is 21.9 Å².